The van der Waals surface area contributed by atoms with Gasteiger partial charge in [0.1, 0.15) is 10.7 Å². The van der Waals surface area contributed by atoms with Gasteiger partial charge in [-0.2, -0.15) is 18.3 Å². The van der Waals surface area contributed by atoms with Gasteiger partial charge < -0.3 is 9.64 Å². The summed E-state index contributed by atoms with van der Waals surface area (Å²) in [5, 5.41) is 2.65. The Morgan fingerprint density at radius 1 is 1.33 bits per heavy atom. The highest BCUT2D eigenvalue weighted by atomic mass is 35.5. The van der Waals surface area contributed by atoms with Gasteiger partial charge in [-0.15, -0.1) is 0 Å². The van der Waals surface area contributed by atoms with E-state index in [9.17, 15) is 18.0 Å². The van der Waals surface area contributed by atoms with Crippen LogP contribution in [0.25, 0.3) is 0 Å². The molecule has 1 aromatic rings. The maximum absolute atomic E-state index is 12.8. The standard InChI is InChI=1S/C12H15ClF3N3O2/c1-6-4-19(5-7(2)21-6)11(20)9-8(13)10(12(14,15)16)17-18(9)3/h6-7H,4-5H2,1-3H3. The second-order valence-electron chi connectivity index (χ2n) is 5.10. The van der Waals surface area contributed by atoms with Gasteiger partial charge in [-0.25, -0.2) is 0 Å². The van der Waals surface area contributed by atoms with E-state index < -0.39 is 22.8 Å². The van der Waals surface area contributed by atoms with Crippen LogP contribution in [0.3, 0.4) is 0 Å². The largest absolute Gasteiger partial charge is 0.436 e. The van der Waals surface area contributed by atoms with E-state index in [1.54, 1.807) is 13.8 Å². The minimum Gasteiger partial charge on any atom is -0.372 e. The molecule has 5 nitrogen and oxygen atoms in total. The van der Waals surface area contributed by atoms with Crippen LogP contribution in [-0.2, 0) is 18.0 Å². The molecule has 1 fully saturated rings. The lowest BCUT2D eigenvalue weighted by molar-refractivity contribution is -0.141. The monoisotopic (exact) mass is 325 g/mol. The van der Waals surface area contributed by atoms with Gasteiger partial charge in [0, 0.05) is 20.1 Å². The Labute approximate surface area is 124 Å². The smallest absolute Gasteiger partial charge is 0.372 e. The number of hydrogen-bond donors (Lipinski definition) is 0. The first-order valence-electron chi connectivity index (χ1n) is 6.35. The van der Waals surface area contributed by atoms with Gasteiger partial charge in [-0.1, -0.05) is 11.6 Å². The molecule has 1 aliphatic rings. The molecule has 1 aliphatic heterocycles. The summed E-state index contributed by atoms with van der Waals surface area (Å²) >= 11 is 5.72. The lowest BCUT2D eigenvalue weighted by Gasteiger charge is -2.35. The van der Waals surface area contributed by atoms with Crippen LogP contribution in [0.1, 0.15) is 30.0 Å². The van der Waals surface area contributed by atoms with Crippen LogP contribution < -0.4 is 0 Å². The Bertz CT molecular complexity index is 549. The average Bonchev–Trinajstić information content (AvgIpc) is 2.62. The number of rotatable bonds is 1. The highest BCUT2D eigenvalue weighted by Crippen LogP contribution is 2.35. The van der Waals surface area contributed by atoms with Crippen LogP contribution in [0.4, 0.5) is 13.2 Å². The summed E-state index contributed by atoms with van der Waals surface area (Å²) in [6.45, 7) is 4.18. The molecular weight excluding hydrogens is 311 g/mol. The molecule has 1 aromatic heterocycles. The van der Waals surface area contributed by atoms with Crippen molar-refractivity contribution in [3.8, 4) is 0 Å². The first kappa shape index (κ1) is 16.1. The number of ether oxygens (including phenoxy) is 1. The molecule has 0 spiro atoms. The van der Waals surface area contributed by atoms with Crippen molar-refractivity contribution in [3.05, 3.63) is 16.4 Å². The number of aryl methyl sites for hydroxylation is 1. The summed E-state index contributed by atoms with van der Waals surface area (Å²) < 4.78 is 44.7. The van der Waals surface area contributed by atoms with Crippen LogP contribution in [0.5, 0.6) is 0 Å². The SMILES string of the molecule is CC1CN(C(=O)c2c(Cl)c(C(F)(F)F)nn2C)CC(C)O1. The second kappa shape index (κ2) is 5.49. The van der Waals surface area contributed by atoms with Gasteiger partial charge in [-0.05, 0) is 13.8 Å². The number of aromatic nitrogens is 2. The van der Waals surface area contributed by atoms with Crippen molar-refractivity contribution in [1.29, 1.82) is 0 Å². The quantitative estimate of drug-likeness (QED) is 0.796. The molecule has 0 N–H and O–H groups in total. The van der Waals surface area contributed by atoms with Crippen molar-refractivity contribution in [3.63, 3.8) is 0 Å². The molecule has 2 rings (SSSR count). The Kier molecular flexibility index (Phi) is 4.21. The number of hydrogen-bond acceptors (Lipinski definition) is 3. The van der Waals surface area contributed by atoms with Gasteiger partial charge >= 0.3 is 6.18 Å². The molecule has 21 heavy (non-hydrogen) atoms. The van der Waals surface area contributed by atoms with Crippen LogP contribution in [0.15, 0.2) is 0 Å². The molecule has 0 aromatic carbocycles. The summed E-state index contributed by atoms with van der Waals surface area (Å²) in [5.74, 6) is -0.576. The molecule has 1 saturated heterocycles. The van der Waals surface area contributed by atoms with E-state index in [1.807, 2.05) is 0 Å². The summed E-state index contributed by atoms with van der Waals surface area (Å²) in [4.78, 5) is 13.9. The maximum atomic E-state index is 12.8. The minimum absolute atomic E-state index is 0.188. The fourth-order valence-corrected chi connectivity index (χ4v) is 2.75. The Morgan fingerprint density at radius 2 is 1.86 bits per heavy atom. The summed E-state index contributed by atoms with van der Waals surface area (Å²) in [7, 11) is 1.27. The van der Waals surface area contributed by atoms with E-state index in [1.165, 1.54) is 11.9 Å². The van der Waals surface area contributed by atoms with Crippen molar-refractivity contribution in [2.24, 2.45) is 7.05 Å². The van der Waals surface area contributed by atoms with Crippen molar-refractivity contribution in [1.82, 2.24) is 14.7 Å². The zero-order valence-corrected chi connectivity index (χ0v) is 12.5. The predicted molar refractivity (Wildman–Crippen MR) is 69.1 cm³/mol. The molecule has 1 amide bonds. The zero-order valence-electron chi connectivity index (χ0n) is 11.7. The predicted octanol–water partition coefficient (Wildman–Crippen LogP) is 2.34. The van der Waals surface area contributed by atoms with Gasteiger partial charge in [-0.3, -0.25) is 9.48 Å². The molecule has 0 radical (unpaired) electrons. The van der Waals surface area contributed by atoms with Crippen LogP contribution in [-0.4, -0.2) is 45.9 Å². The summed E-state index contributed by atoms with van der Waals surface area (Å²) in [6.07, 6.45) is -5.07. The molecule has 2 unspecified atom stereocenters. The number of morpholine rings is 1. The number of carbonyl (C=O) groups excluding carboxylic acids is 1. The molecule has 9 heteroatoms. The molecule has 118 valence electrons. The lowest BCUT2D eigenvalue weighted by Crippen LogP contribution is -2.48. The summed E-state index contributed by atoms with van der Waals surface area (Å²) in [5.41, 5.74) is -1.50. The maximum Gasteiger partial charge on any atom is 0.436 e. The zero-order chi connectivity index (χ0) is 15.9. The van der Waals surface area contributed by atoms with E-state index in [2.05, 4.69) is 5.10 Å². The number of alkyl halides is 3. The number of carbonyl (C=O) groups is 1. The molecule has 0 saturated carbocycles. The molecule has 0 aliphatic carbocycles. The van der Waals surface area contributed by atoms with E-state index in [0.29, 0.717) is 13.1 Å². The molecule has 0 bridgehead atoms. The summed E-state index contributed by atoms with van der Waals surface area (Å²) in [6, 6.07) is 0. The molecular formula is C12H15ClF3N3O2. The van der Waals surface area contributed by atoms with E-state index >= 15 is 0 Å². The van der Waals surface area contributed by atoms with Gasteiger partial charge in [0.2, 0.25) is 0 Å². The van der Waals surface area contributed by atoms with Crippen LogP contribution in [0, 0.1) is 0 Å². The first-order valence-corrected chi connectivity index (χ1v) is 6.73. The molecule has 2 heterocycles. The second-order valence-corrected chi connectivity index (χ2v) is 5.48. The fraction of sp³-hybridized carbons (Fsp3) is 0.667. The van der Waals surface area contributed by atoms with E-state index in [0.717, 1.165) is 4.68 Å². The van der Waals surface area contributed by atoms with Crippen molar-refractivity contribution in [2.75, 3.05) is 13.1 Å². The number of halogens is 4. The third-order valence-corrected chi connectivity index (χ3v) is 3.53. The Morgan fingerprint density at radius 3 is 2.29 bits per heavy atom. The normalized spacial score (nSPS) is 23.5. The van der Waals surface area contributed by atoms with Crippen molar-refractivity contribution < 1.29 is 22.7 Å². The third kappa shape index (κ3) is 3.16. The van der Waals surface area contributed by atoms with Crippen molar-refractivity contribution in [2.45, 2.75) is 32.2 Å². The topological polar surface area (TPSA) is 47.4 Å². The Hall–Kier alpha value is -1.28. The highest BCUT2D eigenvalue weighted by Gasteiger charge is 2.41. The van der Waals surface area contributed by atoms with Crippen molar-refractivity contribution >= 4 is 17.5 Å². The molecule has 2 atom stereocenters. The number of nitrogens with zero attached hydrogens (tertiary/aromatic N) is 3. The van der Waals surface area contributed by atoms with E-state index in [4.69, 9.17) is 16.3 Å². The fourth-order valence-electron chi connectivity index (χ4n) is 2.41. The minimum atomic E-state index is -4.70. The highest BCUT2D eigenvalue weighted by molar-refractivity contribution is 6.34. The van der Waals surface area contributed by atoms with Gasteiger partial charge in [0.15, 0.2) is 5.69 Å². The third-order valence-electron chi connectivity index (χ3n) is 3.17. The number of amides is 1. The first-order chi connectivity index (χ1) is 9.61. The average molecular weight is 326 g/mol. The lowest BCUT2D eigenvalue weighted by atomic mass is 10.2. The van der Waals surface area contributed by atoms with Crippen LogP contribution >= 0.6 is 11.6 Å². The van der Waals surface area contributed by atoms with Gasteiger partial charge in [0.25, 0.3) is 5.91 Å². The van der Waals surface area contributed by atoms with Crippen LogP contribution in [0.2, 0.25) is 5.02 Å². The van der Waals surface area contributed by atoms with E-state index in [-0.39, 0.29) is 17.9 Å². The Balaban J connectivity index is 2.34. The van der Waals surface area contributed by atoms with Gasteiger partial charge in [0.05, 0.1) is 12.2 Å².